The monoisotopic (exact) mass is 328 g/mol. The van der Waals surface area contributed by atoms with Crippen molar-refractivity contribution in [3.05, 3.63) is 65.5 Å². The molecule has 0 unspecified atom stereocenters. The number of hydrogen-bond donors (Lipinski definition) is 1. The van der Waals surface area contributed by atoms with Crippen LogP contribution in [0, 0.1) is 0 Å². The minimum Gasteiger partial charge on any atom is -0.454 e. The molecule has 1 atom stereocenters. The lowest BCUT2D eigenvalue weighted by molar-refractivity contribution is 0.0463. The fraction of sp³-hybridized carbons (Fsp3) is 0.176. The number of aromatic amines is 1. The predicted octanol–water partition coefficient (Wildman–Crippen LogP) is 2.80. The van der Waals surface area contributed by atoms with Crippen LogP contribution in [0.15, 0.2) is 48.5 Å². The first-order chi connectivity index (χ1) is 11.1. The summed E-state index contributed by atoms with van der Waals surface area (Å²) >= 11 is 0. The Bertz CT molecular complexity index is 840. The minimum absolute atomic E-state index is 0.0808. The molecule has 0 aliphatic rings. The summed E-state index contributed by atoms with van der Waals surface area (Å²) in [5.41, 5.74) is 3.05. The molecule has 0 aliphatic carbocycles. The van der Waals surface area contributed by atoms with Gasteiger partial charge in [0, 0.05) is 22.8 Å². The molecule has 0 amide bonds. The van der Waals surface area contributed by atoms with Crippen molar-refractivity contribution in [1.82, 2.24) is 9.97 Å². The number of rotatable bonds is 5. The maximum atomic E-state index is 12.1. The van der Waals surface area contributed by atoms with E-state index in [9.17, 15) is 9.00 Å². The molecule has 0 spiro atoms. The van der Waals surface area contributed by atoms with Crippen LogP contribution in [0.1, 0.15) is 21.7 Å². The van der Waals surface area contributed by atoms with Crippen LogP contribution in [0.5, 0.6) is 0 Å². The highest BCUT2D eigenvalue weighted by atomic mass is 32.2. The Labute approximate surface area is 136 Å². The first-order valence-electron chi connectivity index (χ1n) is 7.11. The van der Waals surface area contributed by atoms with Crippen molar-refractivity contribution in [2.45, 2.75) is 12.4 Å². The van der Waals surface area contributed by atoms with Crippen LogP contribution in [0.3, 0.4) is 0 Å². The normalized spacial score (nSPS) is 12.2. The number of ether oxygens (including phenoxy) is 1. The van der Waals surface area contributed by atoms with Gasteiger partial charge >= 0.3 is 5.97 Å². The smallest absolute Gasteiger partial charge is 0.338 e. The van der Waals surface area contributed by atoms with Gasteiger partial charge in [0.25, 0.3) is 0 Å². The molecule has 0 radical (unpaired) electrons. The summed E-state index contributed by atoms with van der Waals surface area (Å²) in [5, 5.41) is 0. The lowest BCUT2D eigenvalue weighted by Crippen LogP contribution is -2.07. The van der Waals surface area contributed by atoms with E-state index in [1.54, 1.807) is 24.5 Å². The van der Waals surface area contributed by atoms with Crippen molar-refractivity contribution in [2.24, 2.45) is 0 Å². The average Bonchev–Trinajstić information content (AvgIpc) is 2.95. The summed E-state index contributed by atoms with van der Waals surface area (Å²) in [4.78, 5) is 19.6. The van der Waals surface area contributed by atoms with Gasteiger partial charge in [0.05, 0.1) is 16.6 Å². The Kier molecular flexibility index (Phi) is 4.52. The quantitative estimate of drug-likeness (QED) is 0.731. The molecule has 1 aromatic heterocycles. The molecule has 0 saturated carbocycles. The van der Waals surface area contributed by atoms with E-state index in [0.29, 0.717) is 17.1 Å². The Morgan fingerprint density at radius 3 is 2.83 bits per heavy atom. The van der Waals surface area contributed by atoms with E-state index in [2.05, 4.69) is 9.97 Å². The van der Waals surface area contributed by atoms with Crippen LogP contribution in [0.4, 0.5) is 0 Å². The fourth-order valence-corrected chi connectivity index (χ4v) is 2.96. The molecule has 3 aromatic rings. The van der Waals surface area contributed by atoms with Crippen molar-refractivity contribution in [3.63, 3.8) is 0 Å². The molecular formula is C17H16N2O3S. The van der Waals surface area contributed by atoms with E-state index in [-0.39, 0.29) is 6.61 Å². The summed E-state index contributed by atoms with van der Waals surface area (Å²) in [5.74, 6) is 0.601. The van der Waals surface area contributed by atoms with Crippen molar-refractivity contribution in [1.29, 1.82) is 0 Å². The van der Waals surface area contributed by atoms with Crippen LogP contribution in [-0.4, -0.2) is 26.4 Å². The largest absolute Gasteiger partial charge is 0.454 e. The number of aromatic nitrogens is 2. The van der Waals surface area contributed by atoms with Crippen molar-refractivity contribution < 1.29 is 13.7 Å². The third-order valence-electron chi connectivity index (χ3n) is 3.31. The second-order valence-corrected chi connectivity index (χ2v) is 6.63. The molecule has 0 bridgehead atoms. The summed E-state index contributed by atoms with van der Waals surface area (Å²) in [7, 11) is -0.948. The molecule has 3 rings (SSSR count). The molecule has 2 aromatic carbocycles. The number of esters is 1. The van der Waals surface area contributed by atoms with Crippen molar-refractivity contribution in [2.75, 3.05) is 6.26 Å². The lowest BCUT2D eigenvalue weighted by atomic mass is 10.1. The Morgan fingerprint density at radius 2 is 2.04 bits per heavy atom. The van der Waals surface area contributed by atoms with E-state index >= 15 is 0 Å². The van der Waals surface area contributed by atoms with E-state index in [4.69, 9.17) is 4.74 Å². The van der Waals surface area contributed by atoms with Crippen LogP contribution >= 0.6 is 0 Å². The summed E-state index contributed by atoms with van der Waals surface area (Å²) < 4.78 is 16.6. The Balaban J connectivity index is 1.68. The highest BCUT2D eigenvalue weighted by molar-refractivity contribution is 7.83. The molecule has 23 heavy (non-hydrogen) atoms. The van der Waals surface area contributed by atoms with Gasteiger partial charge in [0.15, 0.2) is 0 Å². The maximum absolute atomic E-state index is 12.1. The van der Waals surface area contributed by atoms with Gasteiger partial charge in [-0.05, 0) is 29.8 Å². The third-order valence-corrected chi connectivity index (χ3v) is 4.05. The highest BCUT2D eigenvalue weighted by Crippen LogP contribution is 2.13. The van der Waals surface area contributed by atoms with Crippen LogP contribution in [0.2, 0.25) is 0 Å². The van der Waals surface area contributed by atoms with Gasteiger partial charge in [-0.25, -0.2) is 9.78 Å². The third kappa shape index (κ3) is 3.84. The van der Waals surface area contributed by atoms with E-state index in [1.165, 1.54) is 0 Å². The number of nitrogens with one attached hydrogen (secondary N) is 1. The average molecular weight is 328 g/mol. The second-order valence-electron chi connectivity index (χ2n) is 5.19. The first-order valence-corrected chi connectivity index (χ1v) is 8.84. The number of carbonyl (C=O) groups is 1. The van der Waals surface area contributed by atoms with Crippen LogP contribution in [0.25, 0.3) is 11.0 Å². The zero-order valence-electron chi connectivity index (χ0n) is 12.6. The lowest BCUT2D eigenvalue weighted by Gasteiger charge is -2.05. The van der Waals surface area contributed by atoms with E-state index in [0.717, 1.165) is 16.6 Å². The zero-order chi connectivity index (χ0) is 16.2. The fourth-order valence-electron chi connectivity index (χ4n) is 2.31. The van der Waals surface area contributed by atoms with Crippen LogP contribution < -0.4 is 0 Å². The standard InChI is InChI=1S/C17H16N2O3S/c1-23(21)11-12-5-4-6-13(9-12)17(20)22-10-16-18-14-7-2-3-8-15(14)19-16/h2-9H,10-11H2,1H3,(H,18,19)/t23-/m0/s1. The van der Waals surface area contributed by atoms with Gasteiger partial charge in [-0.15, -0.1) is 0 Å². The van der Waals surface area contributed by atoms with Gasteiger partial charge in [0.1, 0.15) is 12.4 Å². The predicted molar refractivity (Wildman–Crippen MR) is 89.4 cm³/mol. The zero-order valence-corrected chi connectivity index (χ0v) is 13.4. The molecule has 0 fully saturated rings. The summed E-state index contributed by atoms with van der Waals surface area (Å²) in [6, 6.07) is 14.6. The van der Waals surface area contributed by atoms with E-state index < -0.39 is 16.8 Å². The first kappa shape index (κ1) is 15.4. The molecule has 5 nitrogen and oxygen atoms in total. The number of imidazole rings is 1. The molecule has 1 N–H and O–H groups in total. The number of hydrogen-bond acceptors (Lipinski definition) is 4. The number of carbonyl (C=O) groups excluding carboxylic acids is 1. The van der Waals surface area contributed by atoms with Gasteiger partial charge in [-0.2, -0.15) is 0 Å². The molecule has 6 heteroatoms. The highest BCUT2D eigenvalue weighted by Gasteiger charge is 2.10. The Hall–Kier alpha value is -2.47. The van der Waals surface area contributed by atoms with Crippen LogP contribution in [-0.2, 0) is 27.9 Å². The molecular weight excluding hydrogens is 312 g/mol. The number of nitrogens with zero attached hydrogens (tertiary/aromatic N) is 1. The molecule has 0 saturated heterocycles. The number of fused-ring (bicyclic) bond motifs is 1. The van der Waals surface area contributed by atoms with E-state index in [1.807, 2.05) is 30.3 Å². The number of H-pyrrole nitrogens is 1. The van der Waals surface area contributed by atoms with Gasteiger partial charge in [0.2, 0.25) is 0 Å². The molecule has 0 aliphatic heterocycles. The molecule has 1 heterocycles. The number of benzene rings is 2. The number of para-hydroxylation sites is 2. The van der Waals surface area contributed by atoms with Crippen molar-refractivity contribution >= 4 is 27.8 Å². The maximum Gasteiger partial charge on any atom is 0.338 e. The van der Waals surface area contributed by atoms with Gasteiger partial charge < -0.3 is 9.72 Å². The summed E-state index contributed by atoms with van der Waals surface area (Å²) in [6.07, 6.45) is 1.63. The van der Waals surface area contributed by atoms with Gasteiger partial charge in [-0.3, -0.25) is 4.21 Å². The Morgan fingerprint density at radius 1 is 1.22 bits per heavy atom. The van der Waals surface area contributed by atoms with Crippen molar-refractivity contribution in [3.8, 4) is 0 Å². The topological polar surface area (TPSA) is 72.1 Å². The minimum atomic E-state index is -0.948. The second kappa shape index (κ2) is 6.75. The SMILES string of the molecule is C[S@](=O)Cc1cccc(C(=O)OCc2nc3ccccc3[nH]2)c1. The summed E-state index contributed by atoms with van der Waals surface area (Å²) in [6.45, 7) is 0.0808. The molecule has 118 valence electrons. The van der Waals surface area contributed by atoms with Gasteiger partial charge in [-0.1, -0.05) is 24.3 Å².